The van der Waals surface area contributed by atoms with Crippen molar-refractivity contribution in [3.63, 3.8) is 0 Å². The zero-order valence-electron chi connectivity index (χ0n) is 13.7. The van der Waals surface area contributed by atoms with Gasteiger partial charge in [0, 0.05) is 12.6 Å². The van der Waals surface area contributed by atoms with Crippen LogP contribution in [0.25, 0.3) is 0 Å². The van der Waals surface area contributed by atoms with E-state index in [1.165, 1.54) is 27.8 Å². The van der Waals surface area contributed by atoms with E-state index in [1.807, 2.05) is 12.1 Å². The molecule has 0 bridgehead atoms. The summed E-state index contributed by atoms with van der Waals surface area (Å²) in [4.78, 5) is 0. The Hall–Kier alpha value is -1.80. The first kappa shape index (κ1) is 15.6. The maximum atomic E-state index is 5.29. The number of hydrogen-bond donors (Lipinski definition) is 1. The van der Waals surface area contributed by atoms with Crippen LogP contribution in [-0.2, 0) is 6.54 Å². The molecule has 0 aliphatic carbocycles. The normalized spacial score (nSPS) is 12.2. The Balaban J connectivity index is 2.09. The first-order valence-electron chi connectivity index (χ1n) is 7.45. The van der Waals surface area contributed by atoms with Gasteiger partial charge in [-0.3, -0.25) is 0 Å². The van der Waals surface area contributed by atoms with Gasteiger partial charge in [0.15, 0.2) is 0 Å². The lowest BCUT2D eigenvalue weighted by molar-refractivity contribution is 0.413. The van der Waals surface area contributed by atoms with E-state index in [9.17, 15) is 0 Å². The van der Waals surface area contributed by atoms with Gasteiger partial charge in [-0.25, -0.2) is 0 Å². The van der Waals surface area contributed by atoms with Gasteiger partial charge >= 0.3 is 0 Å². The minimum absolute atomic E-state index is 0.292. The highest BCUT2D eigenvalue weighted by Gasteiger charge is 2.09. The fraction of sp³-hybridized carbons (Fsp3) is 0.368. The predicted molar refractivity (Wildman–Crippen MR) is 88.9 cm³/mol. The Bertz CT molecular complexity index is 596. The number of aryl methyl sites for hydroxylation is 3. The SMILES string of the molecule is COc1cccc([C@H](C)NCc2c(C)cc(C)cc2C)c1. The van der Waals surface area contributed by atoms with Crippen molar-refractivity contribution in [2.75, 3.05) is 7.11 Å². The van der Waals surface area contributed by atoms with Gasteiger partial charge in [0.1, 0.15) is 5.75 Å². The molecule has 2 nitrogen and oxygen atoms in total. The maximum absolute atomic E-state index is 5.29. The first-order valence-corrected chi connectivity index (χ1v) is 7.45. The predicted octanol–water partition coefficient (Wildman–Crippen LogP) is 4.47. The van der Waals surface area contributed by atoms with Crippen LogP contribution >= 0.6 is 0 Å². The average molecular weight is 283 g/mol. The lowest BCUT2D eigenvalue weighted by Gasteiger charge is -2.18. The molecule has 21 heavy (non-hydrogen) atoms. The second-order valence-electron chi connectivity index (χ2n) is 5.76. The van der Waals surface area contributed by atoms with Crippen LogP contribution in [0.3, 0.4) is 0 Å². The minimum Gasteiger partial charge on any atom is -0.497 e. The summed E-state index contributed by atoms with van der Waals surface area (Å²) in [5.41, 5.74) is 6.69. The molecule has 0 aliphatic rings. The van der Waals surface area contributed by atoms with Crippen LogP contribution in [0.4, 0.5) is 0 Å². The smallest absolute Gasteiger partial charge is 0.119 e. The van der Waals surface area contributed by atoms with Crippen molar-refractivity contribution in [2.24, 2.45) is 0 Å². The van der Waals surface area contributed by atoms with Gasteiger partial charge in [-0.1, -0.05) is 29.8 Å². The highest BCUT2D eigenvalue weighted by atomic mass is 16.5. The number of benzene rings is 2. The second kappa shape index (κ2) is 6.77. The van der Waals surface area contributed by atoms with Gasteiger partial charge in [0.05, 0.1) is 7.11 Å². The van der Waals surface area contributed by atoms with E-state index in [2.05, 4.69) is 57.3 Å². The quantitative estimate of drug-likeness (QED) is 0.874. The van der Waals surface area contributed by atoms with E-state index < -0.39 is 0 Å². The topological polar surface area (TPSA) is 21.3 Å². The lowest BCUT2D eigenvalue weighted by Crippen LogP contribution is -2.19. The average Bonchev–Trinajstić information content (AvgIpc) is 2.46. The van der Waals surface area contributed by atoms with E-state index in [0.29, 0.717) is 6.04 Å². The third-order valence-corrected chi connectivity index (χ3v) is 4.02. The third-order valence-electron chi connectivity index (χ3n) is 4.02. The van der Waals surface area contributed by atoms with Crippen molar-refractivity contribution in [1.82, 2.24) is 5.32 Å². The minimum atomic E-state index is 0.292. The second-order valence-corrected chi connectivity index (χ2v) is 5.76. The summed E-state index contributed by atoms with van der Waals surface area (Å²) in [5.74, 6) is 0.906. The molecule has 2 heteroatoms. The molecule has 0 unspecified atom stereocenters. The molecule has 2 aromatic carbocycles. The Labute approximate surface area is 128 Å². The number of hydrogen-bond acceptors (Lipinski definition) is 2. The molecule has 0 aromatic heterocycles. The molecule has 112 valence electrons. The molecular weight excluding hydrogens is 258 g/mol. The molecule has 0 saturated heterocycles. The van der Waals surface area contributed by atoms with Gasteiger partial charge in [-0.05, 0) is 62.1 Å². The van der Waals surface area contributed by atoms with E-state index in [-0.39, 0.29) is 0 Å². The van der Waals surface area contributed by atoms with Crippen molar-refractivity contribution in [2.45, 2.75) is 40.3 Å². The summed E-state index contributed by atoms with van der Waals surface area (Å²) in [6, 6.07) is 13.0. The largest absolute Gasteiger partial charge is 0.497 e. The van der Waals surface area contributed by atoms with E-state index >= 15 is 0 Å². The number of rotatable bonds is 5. The molecule has 1 atom stereocenters. The molecular formula is C19H25NO. The van der Waals surface area contributed by atoms with E-state index in [0.717, 1.165) is 12.3 Å². The molecule has 2 aromatic rings. The standard InChI is InChI=1S/C19H25NO/c1-13-9-14(2)19(15(3)10-13)12-20-16(4)17-7-6-8-18(11-17)21-5/h6-11,16,20H,12H2,1-5H3/t16-/m0/s1. The van der Waals surface area contributed by atoms with Crippen LogP contribution < -0.4 is 10.1 Å². The highest BCUT2D eigenvalue weighted by molar-refractivity contribution is 5.37. The van der Waals surface area contributed by atoms with Crippen molar-refractivity contribution in [1.29, 1.82) is 0 Å². The first-order chi connectivity index (χ1) is 10.0. The fourth-order valence-corrected chi connectivity index (χ4v) is 2.77. The van der Waals surface area contributed by atoms with Gasteiger partial charge in [-0.2, -0.15) is 0 Å². The number of ether oxygens (including phenoxy) is 1. The summed E-state index contributed by atoms with van der Waals surface area (Å²) in [5, 5.41) is 3.61. The molecule has 1 N–H and O–H groups in total. The van der Waals surface area contributed by atoms with E-state index in [1.54, 1.807) is 7.11 Å². The molecule has 0 saturated carbocycles. The summed E-state index contributed by atoms with van der Waals surface area (Å²) in [6.07, 6.45) is 0. The van der Waals surface area contributed by atoms with Gasteiger partial charge < -0.3 is 10.1 Å². The van der Waals surface area contributed by atoms with Crippen LogP contribution in [-0.4, -0.2) is 7.11 Å². The Morgan fingerprint density at radius 3 is 2.33 bits per heavy atom. The van der Waals surface area contributed by atoms with Crippen LogP contribution in [0.15, 0.2) is 36.4 Å². The number of nitrogens with one attached hydrogen (secondary N) is 1. The molecule has 0 heterocycles. The third kappa shape index (κ3) is 3.85. The van der Waals surface area contributed by atoms with Gasteiger partial charge in [-0.15, -0.1) is 0 Å². The zero-order valence-corrected chi connectivity index (χ0v) is 13.7. The fourth-order valence-electron chi connectivity index (χ4n) is 2.77. The molecule has 2 rings (SSSR count). The monoisotopic (exact) mass is 283 g/mol. The number of methoxy groups -OCH3 is 1. The van der Waals surface area contributed by atoms with Crippen molar-refractivity contribution in [3.8, 4) is 5.75 Å². The summed E-state index contributed by atoms with van der Waals surface area (Å²) >= 11 is 0. The zero-order chi connectivity index (χ0) is 15.4. The summed E-state index contributed by atoms with van der Waals surface area (Å²) < 4.78 is 5.29. The van der Waals surface area contributed by atoms with Gasteiger partial charge in [0.2, 0.25) is 0 Å². The Kier molecular flexibility index (Phi) is 5.03. The molecule has 0 fully saturated rings. The summed E-state index contributed by atoms with van der Waals surface area (Å²) in [7, 11) is 1.70. The van der Waals surface area contributed by atoms with Gasteiger partial charge in [0.25, 0.3) is 0 Å². The van der Waals surface area contributed by atoms with E-state index in [4.69, 9.17) is 4.74 Å². The Morgan fingerprint density at radius 1 is 1.05 bits per heavy atom. The van der Waals surface area contributed by atoms with Crippen LogP contribution in [0.1, 0.15) is 40.8 Å². The van der Waals surface area contributed by atoms with Crippen LogP contribution in [0, 0.1) is 20.8 Å². The highest BCUT2D eigenvalue weighted by Crippen LogP contribution is 2.21. The van der Waals surface area contributed by atoms with Crippen LogP contribution in [0.2, 0.25) is 0 Å². The van der Waals surface area contributed by atoms with Crippen LogP contribution in [0.5, 0.6) is 5.75 Å². The lowest BCUT2D eigenvalue weighted by atomic mass is 9.99. The molecule has 0 aliphatic heterocycles. The molecule has 0 radical (unpaired) electrons. The van der Waals surface area contributed by atoms with Crippen molar-refractivity contribution in [3.05, 3.63) is 64.2 Å². The van der Waals surface area contributed by atoms with Crippen molar-refractivity contribution >= 4 is 0 Å². The molecule has 0 spiro atoms. The molecule has 0 amide bonds. The Morgan fingerprint density at radius 2 is 1.71 bits per heavy atom. The maximum Gasteiger partial charge on any atom is 0.119 e. The van der Waals surface area contributed by atoms with Crippen molar-refractivity contribution < 1.29 is 4.74 Å². The summed E-state index contributed by atoms with van der Waals surface area (Å²) in [6.45, 7) is 9.60.